The van der Waals surface area contributed by atoms with Gasteiger partial charge in [0.25, 0.3) is 0 Å². The van der Waals surface area contributed by atoms with Gasteiger partial charge >= 0.3 is 0 Å². The van der Waals surface area contributed by atoms with E-state index >= 15 is 0 Å². The van der Waals surface area contributed by atoms with Gasteiger partial charge in [-0.3, -0.25) is 8.78 Å². The first-order valence-electron chi connectivity index (χ1n) is 10.4. The summed E-state index contributed by atoms with van der Waals surface area (Å²) in [5, 5.41) is 17.1. The molecule has 2 heterocycles. The number of aliphatic hydroxyl groups excluding tert-OH is 2. The van der Waals surface area contributed by atoms with Crippen molar-refractivity contribution in [2.45, 2.75) is 32.5 Å². The van der Waals surface area contributed by atoms with Gasteiger partial charge < -0.3 is 20.2 Å². The van der Waals surface area contributed by atoms with Gasteiger partial charge in [-0.05, 0) is 43.8 Å². The number of pyridine rings is 2. The van der Waals surface area contributed by atoms with Crippen molar-refractivity contribution in [3.05, 3.63) is 109 Å². The van der Waals surface area contributed by atoms with Crippen molar-refractivity contribution < 1.29 is 39.1 Å². The molecule has 34 heavy (non-hydrogen) atoms. The first-order valence-corrected chi connectivity index (χ1v) is 10.4. The van der Waals surface area contributed by atoms with Crippen LogP contribution in [0.1, 0.15) is 20.3 Å². The summed E-state index contributed by atoms with van der Waals surface area (Å²) in [7, 11) is 0. The fourth-order valence-electron chi connectivity index (χ4n) is 2.67. The van der Waals surface area contributed by atoms with Crippen LogP contribution in [-0.4, -0.2) is 32.4 Å². The van der Waals surface area contributed by atoms with E-state index in [4.69, 9.17) is 10.2 Å². The van der Waals surface area contributed by atoms with Gasteiger partial charge in [-0.2, -0.15) is 0 Å². The second-order valence-electron chi connectivity index (χ2n) is 7.20. The maximum absolute atomic E-state index is 12.6. The van der Waals surface area contributed by atoms with Crippen molar-refractivity contribution in [1.82, 2.24) is 9.97 Å². The van der Waals surface area contributed by atoms with Gasteiger partial charge in [-0.25, -0.2) is 0 Å². The van der Waals surface area contributed by atoms with E-state index in [-0.39, 0.29) is 43.9 Å². The van der Waals surface area contributed by atoms with Gasteiger partial charge in [0, 0.05) is 44.1 Å². The topological polar surface area (TPSA) is 66.2 Å². The SMILES string of the molecule is CC(O)CC(C)O.Fc1c[c-]c(-c2ccccn2)cc1.Fc1c[c-]c(-c2ccccn2)cc1.[Ir]. The first kappa shape index (κ1) is 29.2. The Kier molecular flexibility index (Phi) is 13.7. The number of aliphatic hydroxyl groups is 2. The van der Waals surface area contributed by atoms with Crippen LogP contribution in [-0.2, 0) is 20.1 Å². The largest absolute Gasteiger partial charge is 0.393 e. The van der Waals surface area contributed by atoms with Crippen LogP contribution in [0.25, 0.3) is 22.5 Å². The molecule has 181 valence electrons. The van der Waals surface area contributed by atoms with Crippen LogP contribution >= 0.6 is 0 Å². The van der Waals surface area contributed by atoms with Gasteiger partial charge in [0.05, 0.1) is 12.2 Å². The molecule has 0 saturated heterocycles. The summed E-state index contributed by atoms with van der Waals surface area (Å²) in [5.41, 5.74) is 3.23. The molecular weight excluding hydrogens is 615 g/mol. The molecule has 7 heteroatoms. The van der Waals surface area contributed by atoms with E-state index in [1.807, 2.05) is 36.4 Å². The molecule has 0 saturated carbocycles. The van der Waals surface area contributed by atoms with Crippen molar-refractivity contribution in [2.75, 3.05) is 0 Å². The fraction of sp³-hybridized carbons (Fsp3) is 0.185. The smallest absolute Gasteiger partial charge is 0.0536 e. The second kappa shape index (κ2) is 15.9. The van der Waals surface area contributed by atoms with E-state index in [1.54, 1.807) is 38.4 Å². The molecule has 0 aliphatic rings. The summed E-state index contributed by atoms with van der Waals surface area (Å²) in [6, 6.07) is 25.6. The summed E-state index contributed by atoms with van der Waals surface area (Å²) in [4.78, 5) is 8.25. The average Bonchev–Trinajstić information content (AvgIpc) is 2.81. The zero-order chi connectivity index (χ0) is 24.1. The third-order valence-electron chi connectivity index (χ3n) is 4.11. The van der Waals surface area contributed by atoms with Crippen molar-refractivity contribution in [3.8, 4) is 22.5 Å². The number of hydrogen-bond acceptors (Lipinski definition) is 4. The van der Waals surface area contributed by atoms with E-state index < -0.39 is 0 Å². The zero-order valence-electron chi connectivity index (χ0n) is 18.8. The summed E-state index contributed by atoms with van der Waals surface area (Å²) >= 11 is 0. The minimum atomic E-state index is -0.375. The molecule has 0 bridgehead atoms. The normalized spacial score (nSPS) is 11.5. The molecule has 2 N–H and O–H groups in total. The molecule has 2 atom stereocenters. The Morgan fingerprint density at radius 1 is 0.706 bits per heavy atom. The third-order valence-corrected chi connectivity index (χ3v) is 4.11. The number of aromatic nitrogens is 2. The molecule has 0 aliphatic carbocycles. The fourth-order valence-corrected chi connectivity index (χ4v) is 2.67. The second-order valence-corrected chi connectivity index (χ2v) is 7.20. The first-order chi connectivity index (χ1) is 15.8. The molecule has 2 unspecified atom stereocenters. The Bertz CT molecular complexity index is 960. The molecule has 4 nitrogen and oxygen atoms in total. The molecule has 0 fully saturated rings. The summed E-state index contributed by atoms with van der Waals surface area (Å²) < 4.78 is 25.1. The quantitative estimate of drug-likeness (QED) is 0.289. The molecule has 4 aromatic rings. The van der Waals surface area contributed by atoms with E-state index in [0.29, 0.717) is 6.42 Å². The number of nitrogens with zero attached hydrogens (tertiary/aromatic N) is 2. The minimum absolute atomic E-state index is 0. The van der Waals surface area contributed by atoms with Gasteiger partial charge in [0.1, 0.15) is 0 Å². The summed E-state index contributed by atoms with van der Waals surface area (Å²) in [5.74, 6) is -0.556. The Labute approximate surface area is 212 Å². The van der Waals surface area contributed by atoms with Gasteiger partial charge in [-0.1, -0.05) is 24.3 Å². The Morgan fingerprint density at radius 3 is 1.35 bits per heavy atom. The predicted molar refractivity (Wildman–Crippen MR) is 125 cm³/mol. The average molecular weight is 641 g/mol. The van der Waals surface area contributed by atoms with Crippen LogP contribution in [0.2, 0.25) is 0 Å². The van der Waals surface area contributed by atoms with Crippen LogP contribution in [0.5, 0.6) is 0 Å². The molecule has 2 aromatic heterocycles. The molecular formula is C27H26F2IrN2O2-2. The van der Waals surface area contributed by atoms with E-state index in [0.717, 1.165) is 22.5 Å². The van der Waals surface area contributed by atoms with E-state index in [1.165, 1.54) is 24.3 Å². The number of rotatable bonds is 4. The molecule has 2 aromatic carbocycles. The Morgan fingerprint density at radius 2 is 1.12 bits per heavy atom. The maximum Gasteiger partial charge on any atom is 0.0536 e. The van der Waals surface area contributed by atoms with Crippen molar-refractivity contribution in [2.24, 2.45) is 0 Å². The number of benzene rings is 2. The number of halogens is 2. The molecule has 0 spiro atoms. The van der Waals surface area contributed by atoms with E-state index in [2.05, 4.69) is 22.1 Å². The monoisotopic (exact) mass is 641 g/mol. The maximum atomic E-state index is 12.6. The standard InChI is InChI=1S/2C11H7FN.C5H12O2.Ir/c2*12-10-6-4-9(5-7-10)11-3-1-2-8-13-11;1-4(6)3-5(2)7;/h2*1-4,6-8H;4-7H,3H2,1-2H3;/q2*-1;;. The van der Waals surface area contributed by atoms with Crippen LogP contribution < -0.4 is 0 Å². The molecule has 4 rings (SSSR count). The summed E-state index contributed by atoms with van der Waals surface area (Å²) in [6.45, 7) is 3.32. The summed E-state index contributed by atoms with van der Waals surface area (Å²) in [6.07, 6.45) is 3.12. The molecule has 0 amide bonds. The molecule has 0 aliphatic heterocycles. The molecule has 1 radical (unpaired) electrons. The van der Waals surface area contributed by atoms with E-state index in [9.17, 15) is 8.78 Å². The van der Waals surface area contributed by atoms with Crippen molar-refractivity contribution in [3.63, 3.8) is 0 Å². The van der Waals surface area contributed by atoms with Crippen LogP contribution in [0.4, 0.5) is 8.78 Å². The van der Waals surface area contributed by atoms with Crippen molar-refractivity contribution >= 4 is 0 Å². The van der Waals surface area contributed by atoms with Gasteiger partial charge in [0.2, 0.25) is 0 Å². The van der Waals surface area contributed by atoms with Gasteiger partial charge in [-0.15, -0.1) is 59.7 Å². The van der Waals surface area contributed by atoms with Gasteiger partial charge in [0.15, 0.2) is 0 Å². The van der Waals surface area contributed by atoms with Crippen LogP contribution in [0.15, 0.2) is 85.2 Å². The van der Waals surface area contributed by atoms with Crippen LogP contribution in [0.3, 0.4) is 0 Å². The third kappa shape index (κ3) is 11.3. The number of hydrogen-bond donors (Lipinski definition) is 2. The van der Waals surface area contributed by atoms with Crippen LogP contribution in [0, 0.1) is 23.8 Å². The zero-order valence-corrected chi connectivity index (χ0v) is 21.2. The predicted octanol–water partition coefficient (Wildman–Crippen LogP) is 5.51. The Hall–Kier alpha value is -2.83. The minimum Gasteiger partial charge on any atom is -0.393 e. The van der Waals surface area contributed by atoms with Crippen molar-refractivity contribution in [1.29, 1.82) is 0 Å². The Balaban J connectivity index is 0.000000264.